The molecule has 2 rings (SSSR count). The van der Waals surface area contributed by atoms with Gasteiger partial charge in [0.25, 0.3) is 0 Å². The number of rotatable bonds is 4. The third-order valence-corrected chi connectivity index (χ3v) is 4.65. The molecule has 0 amide bonds. The molecule has 1 atom stereocenters. The van der Waals surface area contributed by atoms with Crippen LogP contribution in [0.5, 0.6) is 11.6 Å². The van der Waals surface area contributed by atoms with Crippen LogP contribution in [0.3, 0.4) is 0 Å². The Hall–Kier alpha value is -0.975. The molecule has 8 heteroatoms. The highest BCUT2D eigenvalue weighted by atomic mass is 79.9. The molecular formula is C14H15BBrCl2N3O. The molecule has 0 fully saturated rings. The molecule has 1 aromatic heterocycles. The molecule has 1 unspecified atom stereocenters. The number of hydrogen-bond donors (Lipinski definition) is 1. The number of halogens is 3. The molecule has 0 saturated heterocycles. The molecule has 116 valence electrons. The monoisotopic (exact) mass is 401 g/mol. The number of nitrogens with zero attached hydrogens (tertiary/aromatic N) is 2. The smallest absolute Gasteiger partial charge is 0.232 e. The van der Waals surface area contributed by atoms with Gasteiger partial charge in [0.1, 0.15) is 7.85 Å². The van der Waals surface area contributed by atoms with E-state index in [2.05, 4.69) is 40.0 Å². The molecular weight excluding hydrogens is 388 g/mol. The molecule has 0 aliphatic rings. The van der Waals surface area contributed by atoms with Crippen LogP contribution in [-0.4, -0.2) is 18.0 Å². The average Bonchev–Trinajstić information content (AvgIpc) is 2.44. The third-order valence-electron chi connectivity index (χ3n) is 3.50. The quantitative estimate of drug-likeness (QED) is 0.625. The van der Waals surface area contributed by atoms with E-state index in [1.807, 2.05) is 7.85 Å². The van der Waals surface area contributed by atoms with E-state index in [0.29, 0.717) is 32.0 Å². The van der Waals surface area contributed by atoms with Crippen molar-refractivity contribution < 1.29 is 4.74 Å². The van der Waals surface area contributed by atoms with E-state index in [1.165, 1.54) is 0 Å². The van der Waals surface area contributed by atoms with Crippen molar-refractivity contribution in [3.05, 3.63) is 32.3 Å². The first-order valence-corrected chi connectivity index (χ1v) is 8.35. The zero-order chi connectivity index (χ0) is 16.4. The van der Waals surface area contributed by atoms with E-state index in [-0.39, 0.29) is 5.92 Å². The molecule has 1 heterocycles. The maximum atomic E-state index is 6.19. The van der Waals surface area contributed by atoms with Crippen molar-refractivity contribution in [2.24, 2.45) is 0 Å². The standard InChI is InChI=1S/C14H15BBrCl2N3O/c1-3-6(2)10-11(15)14(21-20-13(10)18)22-12-8(16)4-7(19)5-9(12)17/h4-6H,3,15,19H2,1-2H3. The van der Waals surface area contributed by atoms with Crippen molar-refractivity contribution in [2.75, 3.05) is 5.73 Å². The minimum atomic E-state index is 0.260. The molecule has 0 aliphatic carbocycles. The van der Waals surface area contributed by atoms with Gasteiger partial charge in [-0.25, -0.2) is 0 Å². The van der Waals surface area contributed by atoms with Gasteiger partial charge in [-0.1, -0.05) is 37.0 Å². The van der Waals surface area contributed by atoms with Crippen LogP contribution in [0.2, 0.25) is 10.2 Å². The highest BCUT2D eigenvalue weighted by molar-refractivity contribution is 9.10. The largest absolute Gasteiger partial charge is 0.435 e. The Balaban J connectivity index is 2.47. The van der Waals surface area contributed by atoms with Crippen molar-refractivity contribution in [3.8, 4) is 11.6 Å². The van der Waals surface area contributed by atoms with Crippen LogP contribution in [0.15, 0.2) is 16.6 Å². The van der Waals surface area contributed by atoms with E-state index < -0.39 is 0 Å². The summed E-state index contributed by atoms with van der Waals surface area (Å²) in [5.74, 6) is 1.09. The Labute approximate surface area is 148 Å². The summed E-state index contributed by atoms with van der Waals surface area (Å²) in [7, 11) is 1.91. The molecule has 22 heavy (non-hydrogen) atoms. The average molecular weight is 403 g/mol. The molecule has 0 radical (unpaired) electrons. The number of hydrogen-bond acceptors (Lipinski definition) is 4. The van der Waals surface area contributed by atoms with Crippen LogP contribution < -0.4 is 15.9 Å². The molecule has 0 spiro atoms. The van der Waals surface area contributed by atoms with Crippen LogP contribution in [0, 0.1) is 0 Å². The van der Waals surface area contributed by atoms with Gasteiger partial charge in [0.05, 0.1) is 9.50 Å². The maximum absolute atomic E-state index is 6.19. The minimum Gasteiger partial charge on any atom is -0.435 e. The zero-order valence-electron chi connectivity index (χ0n) is 12.5. The third kappa shape index (κ3) is 3.50. The second-order valence-electron chi connectivity index (χ2n) is 5.06. The zero-order valence-corrected chi connectivity index (χ0v) is 15.6. The first kappa shape index (κ1) is 17.4. The predicted molar refractivity (Wildman–Crippen MR) is 97.6 cm³/mol. The Morgan fingerprint density at radius 3 is 2.64 bits per heavy atom. The minimum absolute atomic E-state index is 0.260. The maximum Gasteiger partial charge on any atom is 0.232 e. The first-order valence-electron chi connectivity index (χ1n) is 6.80. The molecule has 0 saturated carbocycles. The lowest BCUT2D eigenvalue weighted by Gasteiger charge is -2.17. The van der Waals surface area contributed by atoms with E-state index in [9.17, 15) is 0 Å². The van der Waals surface area contributed by atoms with E-state index in [0.717, 1.165) is 17.4 Å². The van der Waals surface area contributed by atoms with Gasteiger partial charge in [-0.3, -0.25) is 0 Å². The van der Waals surface area contributed by atoms with Gasteiger partial charge in [0.2, 0.25) is 5.88 Å². The summed E-state index contributed by atoms with van der Waals surface area (Å²) >= 11 is 15.8. The van der Waals surface area contributed by atoms with Gasteiger partial charge >= 0.3 is 0 Å². The fourth-order valence-corrected chi connectivity index (χ4v) is 3.44. The van der Waals surface area contributed by atoms with Gasteiger partial charge in [0, 0.05) is 5.69 Å². The van der Waals surface area contributed by atoms with Gasteiger partial charge in [-0.2, -0.15) is 0 Å². The Morgan fingerprint density at radius 2 is 2.05 bits per heavy atom. The van der Waals surface area contributed by atoms with Crippen molar-refractivity contribution in [1.82, 2.24) is 10.2 Å². The SMILES string of the molecule is Bc1c(Oc2c(Cl)cc(N)cc2Br)nnc(Cl)c1C(C)CC. The van der Waals surface area contributed by atoms with Crippen LogP contribution in [0.25, 0.3) is 0 Å². The van der Waals surface area contributed by atoms with Gasteiger partial charge in [-0.15, -0.1) is 10.2 Å². The highest BCUT2D eigenvalue weighted by Gasteiger charge is 2.19. The van der Waals surface area contributed by atoms with Gasteiger partial charge in [0.15, 0.2) is 10.9 Å². The molecule has 0 aliphatic heterocycles. The summed E-state index contributed by atoms with van der Waals surface area (Å²) in [6, 6.07) is 3.34. The number of nitrogen functional groups attached to an aromatic ring is 1. The summed E-state index contributed by atoms with van der Waals surface area (Å²) in [4.78, 5) is 0. The van der Waals surface area contributed by atoms with Crippen LogP contribution in [-0.2, 0) is 0 Å². The molecule has 1 aromatic carbocycles. The Bertz CT molecular complexity index is 692. The highest BCUT2D eigenvalue weighted by Crippen LogP contribution is 2.38. The lowest BCUT2D eigenvalue weighted by Crippen LogP contribution is -2.19. The second kappa shape index (κ2) is 7.07. The number of nitrogens with two attached hydrogens (primary N) is 1. The summed E-state index contributed by atoms with van der Waals surface area (Å²) in [6.07, 6.45) is 0.942. The van der Waals surface area contributed by atoms with Crippen molar-refractivity contribution in [1.29, 1.82) is 0 Å². The Morgan fingerprint density at radius 1 is 1.36 bits per heavy atom. The summed E-state index contributed by atoms with van der Waals surface area (Å²) in [5, 5.41) is 8.83. The van der Waals surface area contributed by atoms with E-state index in [1.54, 1.807) is 12.1 Å². The number of anilines is 1. The lowest BCUT2D eigenvalue weighted by atomic mass is 9.85. The normalized spacial score (nSPS) is 12.2. The van der Waals surface area contributed by atoms with Crippen molar-refractivity contribution >= 4 is 58.1 Å². The summed E-state index contributed by atoms with van der Waals surface area (Å²) < 4.78 is 6.50. The van der Waals surface area contributed by atoms with E-state index >= 15 is 0 Å². The van der Waals surface area contributed by atoms with Gasteiger partial charge in [-0.05, 0) is 51.4 Å². The topological polar surface area (TPSA) is 61.0 Å². The molecule has 2 N–H and O–H groups in total. The molecule has 0 bridgehead atoms. The van der Waals surface area contributed by atoms with Crippen LogP contribution >= 0.6 is 39.1 Å². The van der Waals surface area contributed by atoms with Crippen LogP contribution in [0.1, 0.15) is 31.7 Å². The van der Waals surface area contributed by atoms with Crippen molar-refractivity contribution in [3.63, 3.8) is 0 Å². The first-order chi connectivity index (χ1) is 10.3. The molecule has 2 aromatic rings. The fourth-order valence-electron chi connectivity index (χ4n) is 2.14. The lowest BCUT2D eigenvalue weighted by molar-refractivity contribution is 0.455. The van der Waals surface area contributed by atoms with Crippen molar-refractivity contribution in [2.45, 2.75) is 26.2 Å². The second-order valence-corrected chi connectivity index (χ2v) is 6.68. The Kier molecular flexibility index (Phi) is 5.58. The number of aromatic nitrogens is 2. The van der Waals surface area contributed by atoms with Gasteiger partial charge < -0.3 is 10.5 Å². The predicted octanol–water partition coefficient (Wildman–Crippen LogP) is 3.69. The number of ether oxygens (including phenoxy) is 1. The summed E-state index contributed by atoms with van der Waals surface area (Å²) in [6.45, 7) is 4.18. The number of benzene rings is 1. The van der Waals surface area contributed by atoms with E-state index in [4.69, 9.17) is 33.7 Å². The summed E-state index contributed by atoms with van der Waals surface area (Å²) in [5.41, 5.74) is 8.08. The van der Waals surface area contributed by atoms with Crippen LogP contribution in [0.4, 0.5) is 5.69 Å². The molecule has 4 nitrogen and oxygen atoms in total. The fraction of sp³-hybridized carbons (Fsp3) is 0.286.